The van der Waals surface area contributed by atoms with Crippen LogP contribution in [0, 0.1) is 0 Å². The molecule has 4 atom stereocenters. The summed E-state index contributed by atoms with van der Waals surface area (Å²) in [5.74, 6) is -0.773. The van der Waals surface area contributed by atoms with Crippen LogP contribution < -0.4 is 10.6 Å². The monoisotopic (exact) mass is 398 g/mol. The molecule has 29 heavy (non-hydrogen) atoms. The van der Waals surface area contributed by atoms with E-state index in [0.29, 0.717) is 31.1 Å². The number of aliphatic hydroxyl groups excluding tert-OH is 1. The summed E-state index contributed by atoms with van der Waals surface area (Å²) >= 11 is 0. The first-order valence-electron chi connectivity index (χ1n) is 10.4. The number of carbonyl (C=O) groups excluding carboxylic acids is 3. The highest BCUT2D eigenvalue weighted by atomic mass is 16.3. The van der Waals surface area contributed by atoms with Crippen LogP contribution in [-0.4, -0.2) is 69.9 Å². The van der Waals surface area contributed by atoms with E-state index in [4.69, 9.17) is 0 Å². The number of nitrogens with one attached hydrogen (secondary N) is 2. The van der Waals surface area contributed by atoms with Crippen LogP contribution in [0.2, 0.25) is 0 Å². The van der Waals surface area contributed by atoms with Crippen molar-refractivity contribution in [1.29, 1.82) is 0 Å². The van der Waals surface area contributed by atoms with Gasteiger partial charge in [0.2, 0.25) is 11.8 Å². The Morgan fingerprint density at radius 2 is 2.00 bits per heavy atom. The second-order valence-corrected chi connectivity index (χ2v) is 8.52. The highest BCUT2D eigenvalue weighted by molar-refractivity contribution is 6.06. The van der Waals surface area contributed by atoms with E-state index in [9.17, 15) is 19.5 Å². The third kappa shape index (κ3) is 3.06. The molecule has 0 radical (unpaired) electrons. The summed E-state index contributed by atoms with van der Waals surface area (Å²) in [5, 5.41) is 15.5. The molecule has 4 heterocycles. The van der Waals surface area contributed by atoms with Crippen molar-refractivity contribution < 1.29 is 19.5 Å². The molecule has 154 valence electrons. The molecule has 0 saturated carbocycles. The fraction of sp³-hybridized carbons (Fsp3) is 0.571. The molecule has 8 nitrogen and oxygen atoms in total. The van der Waals surface area contributed by atoms with E-state index in [1.165, 1.54) is 0 Å². The Balaban J connectivity index is 1.39. The molecule has 0 aliphatic carbocycles. The molecule has 5 rings (SSSR count). The van der Waals surface area contributed by atoms with Crippen molar-refractivity contribution in [3.05, 3.63) is 34.9 Å². The summed E-state index contributed by atoms with van der Waals surface area (Å²) < 4.78 is 0. The zero-order chi connectivity index (χ0) is 20.1. The zero-order valence-corrected chi connectivity index (χ0v) is 16.3. The Hall–Kier alpha value is -2.29. The van der Waals surface area contributed by atoms with Gasteiger partial charge < -0.3 is 15.3 Å². The van der Waals surface area contributed by atoms with Crippen LogP contribution in [0.1, 0.15) is 47.2 Å². The normalized spacial score (nSPS) is 31.9. The lowest BCUT2D eigenvalue weighted by atomic mass is 10.00. The summed E-state index contributed by atoms with van der Waals surface area (Å²) in [6, 6.07) is 6.10. The quantitative estimate of drug-likeness (QED) is 0.605. The van der Waals surface area contributed by atoms with Crippen molar-refractivity contribution in [2.24, 2.45) is 0 Å². The Labute approximate surface area is 169 Å². The van der Waals surface area contributed by atoms with Gasteiger partial charge in [-0.25, -0.2) is 0 Å². The Morgan fingerprint density at radius 3 is 2.79 bits per heavy atom. The van der Waals surface area contributed by atoms with Gasteiger partial charge in [-0.3, -0.25) is 24.6 Å². The Bertz CT molecular complexity index is 872. The minimum atomic E-state index is -0.588. The summed E-state index contributed by atoms with van der Waals surface area (Å²) in [6.07, 6.45) is 2.78. The molecule has 3 fully saturated rings. The van der Waals surface area contributed by atoms with Gasteiger partial charge in [0.15, 0.2) is 0 Å². The lowest BCUT2D eigenvalue weighted by molar-refractivity contribution is -0.136. The summed E-state index contributed by atoms with van der Waals surface area (Å²) in [7, 11) is 0. The lowest BCUT2D eigenvalue weighted by Gasteiger charge is -2.40. The number of amides is 3. The number of fused-ring (bicyclic) bond motifs is 3. The van der Waals surface area contributed by atoms with Gasteiger partial charge in [0.25, 0.3) is 5.91 Å². The highest BCUT2D eigenvalue weighted by Crippen LogP contribution is 2.35. The number of nitrogens with zero attached hydrogens (tertiary/aromatic N) is 2. The van der Waals surface area contributed by atoms with E-state index in [1.807, 2.05) is 18.2 Å². The molecular formula is C21H26N4O4. The van der Waals surface area contributed by atoms with Gasteiger partial charge in [-0.15, -0.1) is 0 Å². The van der Waals surface area contributed by atoms with Gasteiger partial charge >= 0.3 is 0 Å². The minimum Gasteiger partial charge on any atom is -0.395 e. The van der Waals surface area contributed by atoms with Crippen LogP contribution >= 0.6 is 0 Å². The first-order valence-corrected chi connectivity index (χ1v) is 10.4. The van der Waals surface area contributed by atoms with Crippen LogP contribution in [0.5, 0.6) is 0 Å². The molecule has 4 aliphatic heterocycles. The van der Waals surface area contributed by atoms with Gasteiger partial charge in [-0.05, 0) is 30.4 Å². The fourth-order valence-corrected chi connectivity index (χ4v) is 5.49. The Kier molecular flexibility index (Phi) is 4.64. The van der Waals surface area contributed by atoms with Crippen molar-refractivity contribution >= 4 is 17.7 Å². The van der Waals surface area contributed by atoms with Gasteiger partial charge in [0.1, 0.15) is 6.04 Å². The number of carbonyl (C=O) groups is 3. The molecular weight excluding hydrogens is 372 g/mol. The summed E-state index contributed by atoms with van der Waals surface area (Å²) in [4.78, 5) is 41.1. The van der Waals surface area contributed by atoms with Crippen LogP contribution in [0.15, 0.2) is 18.2 Å². The molecule has 4 aliphatic rings. The number of hydrogen-bond acceptors (Lipinski definition) is 6. The number of aliphatic hydroxyl groups is 1. The smallest absolute Gasteiger partial charge is 0.255 e. The van der Waals surface area contributed by atoms with Crippen LogP contribution in [0.3, 0.4) is 0 Å². The second kappa shape index (κ2) is 7.19. The standard InChI is InChI=1S/C21H26N4O4/c26-11-15-16-5-4-14(8-22-15)24(16)9-12-2-1-3-13-10-25(21(29)19(12)13)17-6-7-18(27)23-20(17)28/h1-3,14-17,22,26H,4-11H2,(H,23,27,28)/t14-,15+,16+,17?/m0/s1. The van der Waals surface area contributed by atoms with E-state index in [1.54, 1.807) is 4.90 Å². The van der Waals surface area contributed by atoms with Gasteiger partial charge in [0, 0.05) is 49.7 Å². The first kappa shape index (κ1) is 18.7. The average Bonchev–Trinajstić information content (AvgIpc) is 3.16. The number of imide groups is 1. The maximum atomic E-state index is 13.3. The van der Waals surface area contributed by atoms with E-state index < -0.39 is 6.04 Å². The SMILES string of the molecule is O=C1CCC(N2Cc3cccc(CN4[C@H]5CC[C@@H]4[C@@H](CO)NC5)c3C2=O)C(=O)N1. The maximum Gasteiger partial charge on any atom is 0.255 e. The van der Waals surface area contributed by atoms with Crippen molar-refractivity contribution in [2.45, 2.75) is 62.9 Å². The van der Waals surface area contributed by atoms with Crippen molar-refractivity contribution in [3.8, 4) is 0 Å². The number of benzene rings is 1. The molecule has 1 aromatic carbocycles. The summed E-state index contributed by atoms with van der Waals surface area (Å²) in [5.41, 5.74) is 2.63. The minimum absolute atomic E-state index is 0.0705. The molecule has 3 saturated heterocycles. The average molecular weight is 398 g/mol. The van der Waals surface area contributed by atoms with E-state index in [-0.39, 0.29) is 42.8 Å². The third-order valence-corrected chi connectivity index (χ3v) is 6.96. The molecule has 0 spiro atoms. The predicted molar refractivity (Wildman–Crippen MR) is 104 cm³/mol. The topological polar surface area (TPSA) is 102 Å². The van der Waals surface area contributed by atoms with E-state index in [2.05, 4.69) is 15.5 Å². The molecule has 0 aromatic heterocycles. The number of hydrogen-bond donors (Lipinski definition) is 3. The van der Waals surface area contributed by atoms with Crippen molar-refractivity contribution in [2.75, 3.05) is 13.2 Å². The van der Waals surface area contributed by atoms with Crippen molar-refractivity contribution in [3.63, 3.8) is 0 Å². The predicted octanol–water partition coefficient (Wildman–Crippen LogP) is -0.255. The maximum absolute atomic E-state index is 13.3. The van der Waals surface area contributed by atoms with Crippen LogP contribution in [0.4, 0.5) is 0 Å². The van der Waals surface area contributed by atoms with Gasteiger partial charge in [-0.2, -0.15) is 0 Å². The number of piperidine rings is 1. The van der Waals surface area contributed by atoms with Crippen molar-refractivity contribution in [1.82, 2.24) is 20.4 Å². The Morgan fingerprint density at radius 1 is 1.14 bits per heavy atom. The molecule has 3 N–H and O–H groups in total. The molecule has 1 unspecified atom stereocenters. The van der Waals surface area contributed by atoms with Crippen LogP contribution in [0.25, 0.3) is 0 Å². The number of rotatable bonds is 4. The van der Waals surface area contributed by atoms with Gasteiger partial charge in [-0.1, -0.05) is 18.2 Å². The highest BCUT2D eigenvalue weighted by Gasteiger charge is 2.44. The van der Waals surface area contributed by atoms with Gasteiger partial charge in [0.05, 0.1) is 6.61 Å². The van der Waals surface area contributed by atoms with Crippen LogP contribution in [-0.2, 0) is 22.7 Å². The number of piperazine rings is 1. The molecule has 8 heteroatoms. The molecule has 1 aromatic rings. The third-order valence-electron chi connectivity index (χ3n) is 6.96. The fourth-order valence-electron chi connectivity index (χ4n) is 5.49. The second-order valence-electron chi connectivity index (χ2n) is 8.52. The lowest BCUT2D eigenvalue weighted by Crippen LogP contribution is -2.58. The summed E-state index contributed by atoms with van der Waals surface area (Å²) in [6.45, 7) is 2.05. The van der Waals surface area contributed by atoms with E-state index >= 15 is 0 Å². The largest absolute Gasteiger partial charge is 0.395 e. The molecule has 2 bridgehead atoms. The van der Waals surface area contributed by atoms with E-state index in [0.717, 1.165) is 30.5 Å². The zero-order valence-electron chi connectivity index (χ0n) is 16.3. The first-order chi connectivity index (χ1) is 14.1. The molecule has 3 amide bonds.